The van der Waals surface area contributed by atoms with E-state index in [-0.39, 0.29) is 11.4 Å². The van der Waals surface area contributed by atoms with Crippen LogP contribution in [0.5, 0.6) is 0 Å². The molecule has 0 aromatic heterocycles. The molecule has 0 bridgehead atoms. The Hall–Kier alpha value is -0.570. The maximum absolute atomic E-state index is 11.3. The Balaban J connectivity index is 4.03. The molecule has 3 heteroatoms. The van der Waals surface area contributed by atoms with Crippen molar-refractivity contribution in [3.63, 3.8) is 0 Å². The minimum absolute atomic E-state index is 0.0755. The van der Waals surface area contributed by atoms with Crippen molar-refractivity contribution < 1.29 is 4.79 Å². The van der Waals surface area contributed by atoms with Gasteiger partial charge in [-0.2, -0.15) is 0 Å². The molecule has 0 spiro atoms. The van der Waals surface area contributed by atoms with E-state index in [9.17, 15) is 4.79 Å². The fraction of sp³-hybridized carbons (Fsp3) is 0.875. The number of amides is 1. The highest BCUT2D eigenvalue weighted by molar-refractivity contribution is 5.78. The topological polar surface area (TPSA) is 32.3 Å². The summed E-state index contributed by atoms with van der Waals surface area (Å²) >= 11 is 0. The zero-order valence-electron chi connectivity index (χ0n) is 8.06. The summed E-state index contributed by atoms with van der Waals surface area (Å²) in [5, 5.41) is 2.83. The normalized spacial score (nSPS) is 11.4. The van der Waals surface area contributed by atoms with Crippen molar-refractivity contribution in [3.8, 4) is 0 Å². The molecule has 0 saturated carbocycles. The Bertz CT molecular complexity index is 138. The average molecular weight is 158 g/mol. The Morgan fingerprint density at radius 2 is 1.91 bits per heavy atom. The first kappa shape index (κ1) is 10.4. The van der Waals surface area contributed by atoms with Crippen molar-refractivity contribution in [2.75, 3.05) is 20.6 Å². The summed E-state index contributed by atoms with van der Waals surface area (Å²) in [5.41, 5.74) is -0.0755. The van der Waals surface area contributed by atoms with Crippen molar-refractivity contribution in [2.24, 2.45) is 0 Å². The van der Waals surface area contributed by atoms with Crippen molar-refractivity contribution >= 4 is 5.91 Å². The molecule has 11 heavy (non-hydrogen) atoms. The summed E-state index contributed by atoms with van der Waals surface area (Å²) in [6.07, 6.45) is 0. The Morgan fingerprint density at radius 1 is 1.45 bits per heavy atom. The van der Waals surface area contributed by atoms with Gasteiger partial charge in [-0.3, -0.25) is 4.79 Å². The highest BCUT2D eigenvalue weighted by Gasteiger charge is 2.20. The Kier molecular flexibility index (Phi) is 3.52. The van der Waals surface area contributed by atoms with E-state index < -0.39 is 0 Å². The molecule has 0 aromatic rings. The standard InChI is InChI=1S/C8H18N2O/c1-8(2,3)10(5)7(11)6-9-4/h9H,6H2,1-5H3. The first-order valence-corrected chi connectivity index (χ1v) is 3.81. The van der Waals surface area contributed by atoms with E-state index in [1.165, 1.54) is 0 Å². The van der Waals surface area contributed by atoms with Gasteiger partial charge in [-0.1, -0.05) is 0 Å². The van der Waals surface area contributed by atoms with Gasteiger partial charge in [0.25, 0.3) is 0 Å². The van der Waals surface area contributed by atoms with Crippen LogP contribution in [0.15, 0.2) is 0 Å². The number of rotatable bonds is 2. The number of carbonyl (C=O) groups is 1. The van der Waals surface area contributed by atoms with E-state index in [1.54, 1.807) is 11.9 Å². The molecule has 0 fully saturated rings. The highest BCUT2D eigenvalue weighted by Crippen LogP contribution is 2.09. The molecule has 0 aliphatic carbocycles. The maximum atomic E-state index is 11.3. The van der Waals surface area contributed by atoms with Crippen LogP contribution in [0.3, 0.4) is 0 Å². The molecular formula is C8H18N2O. The van der Waals surface area contributed by atoms with Crippen LogP contribution in [0.25, 0.3) is 0 Å². The lowest BCUT2D eigenvalue weighted by atomic mass is 10.1. The molecule has 0 radical (unpaired) electrons. The van der Waals surface area contributed by atoms with Gasteiger partial charge in [0, 0.05) is 12.6 Å². The van der Waals surface area contributed by atoms with E-state index in [2.05, 4.69) is 5.32 Å². The maximum Gasteiger partial charge on any atom is 0.236 e. The van der Waals surface area contributed by atoms with Crippen LogP contribution in [0.4, 0.5) is 0 Å². The minimum Gasteiger partial charge on any atom is -0.340 e. The van der Waals surface area contributed by atoms with Gasteiger partial charge in [0.2, 0.25) is 5.91 Å². The number of hydrogen-bond acceptors (Lipinski definition) is 2. The molecule has 66 valence electrons. The monoisotopic (exact) mass is 158 g/mol. The lowest BCUT2D eigenvalue weighted by molar-refractivity contribution is -0.132. The molecule has 3 nitrogen and oxygen atoms in total. The summed E-state index contributed by atoms with van der Waals surface area (Å²) in [4.78, 5) is 13.0. The smallest absolute Gasteiger partial charge is 0.236 e. The number of hydrogen-bond donors (Lipinski definition) is 1. The number of nitrogens with one attached hydrogen (secondary N) is 1. The van der Waals surface area contributed by atoms with Crippen LogP contribution in [-0.4, -0.2) is 37.0 Å². The molecule has 0 aliphatic rings. The predicted molar refractivity (Wildman–Crippen MR) is 46.4 cm³/mol. The van der Waals surface area contributed by atoms with E-state index in [4.69, 9.17) is 0 Å². The molecule has 0 atom stereocenters. The third kappa shape index (κ3) is 3.37. The lowest BCUT2D eigenvalue weighted by Crippen LogP contribution is -2.45. The average Bonchev–Trinajstić information content (AvgIpc) is 1.85. The van der Waals surface area contributed by atoms with E-state index in [0.29, 0.717) is 6.54 Å². The second-order valence-electron chi connectivity index (χ2n) is 3.65. The number of carbonyl (C=O) groups excluding carboxylic acids is 1. The molecule has 0 saturated heterocycles. The molecule has 0 aliphatic heterocycles. The molecule has 0 unspecified atom stereocenters. The van der Waals surface area contributed by atoms with Crippen molar-refractivity contribution in [3.05, 3.63) is 0 Å². The van der Waals surface area contributed by atoms with E-state index in [0.717, 1.165) is 0 Å². The van der Waals surface area contributed by atoms with Crippen LogP contribution < -0.4 is 5.32 Å². The van der Waals surface area contributed by atoms with Gasteiger partial charge in [0.05, 0.1) is 6.54 Å². The quantitative estimate of drug-likeness (QED) is 0.633. The minimum atomic E-state index is -0.0755. The molecule has 1 amide bonds. The van der Waals surface area contributed by atoms with Crippen molar-refractivity contribution in [1.82, 2.24) is 10.2 Å². The zero-order valence-corrected chi connectivity index (χ0v) is 8.06. The summed E-state index contributed by atoms with van der Waals surface area (Å²) in [6, 6.07) is 0. The van der Waals surface area contributed by atoms with Crippen LogP contribution in [0, 0.1) is 0 Å². The van der Waals surface area contributed by atoms with Gasteiger partial charge in [0.15, 0.2) is 0 Å². The largest absolute Gasteiger partial charge is 0.340 e. The Labute approximate surface area is 68.8 Å². The van der Waals surface area contributed by atoms with Gasteiger partial charge >= 0.3 is 0 Å². The van der Waals surface area contributed by atoms with Gasteiger partial charge in [0.1, 0.15) is 0 Å². The van der Waals surface area contributed by atoms with E-state index >= 15 is 0 Å². The summed E-state index contributed by atoms with van der Waals surface area (Å²) < 4.78 is 0. The summed E-state index contributed by atoms with van der Waals surface area (Å²) in [6.45, 7) is 6.45. The van der Waals surface area contributed by atoms with Gasteiger partial charge in [-0.05, 0) is 27.8 Å². The third-order valence-electron chi connectivity index (χ3n) is 1.71. The number of likely N-dealkylation sites (N-methyl/N-ethyl adjacent to an activating group) is 2. The fourth-order valence-corrected chi connectivity index (χ4v) is 0.644. The van der Waals surface area contributed by atoms with Crippen LogP contribution in [0.2, 0.25) is 0 Å². The van der Waals surface area contributed by atoms with Crippen LogP contribution >= 0.6 is 0 Å². The van der Waals surface area contributed by atoms with Gasteiger partial charge in [-0.15, -0.1) is 0 Å². The molecule has 0 heterocycles. The van der Waals surface area contributed by atoms with Crippen LogP contribution in [-0.2, 0) is 4.79 Å². The molecule has 1 N–H and O–H groups in total. The molecular weight excluding hydrogens is 140 g/mol. The highest BCUT2D eigenvalue weighted by atomic mass is 16.2. The number of nitrogens with zero attached hydrogens (tertiary/aromatic N) is 1. The SMILES string of the molecule is CNCC(=O)N(C)C(C)(C)C. The van der Waals surface area contributed by atoms with Crippen molar-refractivity contribution in [2.45, 2.75) is 26.3 Å². The van der Waals surface area contributed by atoms with Gasteiger partial charge in [-0.25, -0.2) is 0 Å². The van der Waals surface area contributed by atoms with Gasteiger partial charge < -0.3 is 10.2 Å². The first-order chi connectivity index (χ1) is 4.89. The van der Waals surface area contributed by atoms with E-state index in [1.807, 2.05) is 27.8 Å². The fourth-order valence-electron chi connectivity index (χ4n) is 0.644. The summed E-state index contributed by atoms with van der Waals surface area (Å²) in [7, 11) is 3.59. The van der Waals surface area contributed by atoms with Crippen molar-refractivity contribution in [1.29, 1.82) is 0 Å². The zero-order chi connectivity index (χ0) is 9.07. The lowest BCUT2D eigenvalue weighted by Gasteiger charge is -2.31. The molecule has 0 aromatic carbocycles. The second-order valence-corrected chi connectivity index (χ2v) is 3.65. The summed E-state index contributed by atoms with van der Waals surface area (Å²) in [5.74, 6) is 0.125. The second kappa shape index (κ2) is 3.72. The third-order valence-corrected chi connectivity index (χ3v) is 1.71. The Morgan fingerprint density at radius 3 is 2.18 bits per heavy atom. The predicted octanol–water partition coefficient (Wildman–Crippen LogP) is 0.463. The van der Waals surface area contributed by atoms with Crippen LogP contribution in [0.1, 0.15) is 20.8 Å². The molecule has 0 rings (SSSR count). The first-order valence-electron chi connectivity index (χ1n) is 3.81.